The first-order chi connectivity index (χ1) is 10.6. The van der Waals surface area contributed by atoms with Crippen LogP contribution in [0.25, 0.3) is 6.08 Å². The van der Waals surface area contributed by atoms with Crippen molar-refractivity contribution in [2.24, 2.45) is 0 Å². The lowest BCUT2D eigenvalue weighted by molar-refractivity contribution is 0.141. The van der Waals surface area contributed by atoms with Crippen LogP contribution in [0.5, 0.6) is 0 Å². The molecule has 114 valence electrons. The summed E-state index contributed by atoms with van der Waals surface area (Å²) in [7, 11) is 0. The number of rotatable bonds is 5. The highest BCUT2D eigenvalue weighted by Gasteiger charge is 2.01. The van der Waals surface area contributed by atoms with Crippen molar-refractivity contribution < 1.29 is 18.3 Å². The Morgan fingerprint density at radius 2 is 1.91 bits per heavy atom. The summed E-state index contributed by atoms with van der Waals surface area (Å²) in [5, 5.41) is 2.49. The largest absolute Gasteiger partial charge is 0.445 e. The normalized spacial score (nSPS) is 10.6. The Hall–Kier alpha value is -2.69. The zero-order chi connectivity index (χ0) is 15.8. The van der Waals surface area contributed by atoms with Gasteiger partial charge >= 0.3 is 6.09 Å². The van der Waals surface area contributed by atoms with E-state index in [1.54, 1.807) is 0 Å². The third-order valence-corrected chi connectivity index (χ3v) is 2.83. The van der Waals surface area contributed by atoms with Crippen LogP contribution in [0.4, 0.5) is 13.6 Å². The fourth-order valence-corrected chi connectivity index (χ4v) is 1.74. The zero-order valence-electron chi connectivity index (χ0n) is 11.8. The van der Waals surface area contributed by atoms with Gasteiger partial charge in [-0.1, -0.05) is 42.5 Å². The lowest BCUT2D eigenvalue weighted by Gasteiger charge is -2.05. The number of carbonyl (C=O) groups excluding carboxylic acids is 1. The summed E-state index contributed by atoms with van der Waals surface area (Å²) in [6.45, 7) is 0.332. The summed E-state index contributed by atoms with van der Waals surface area (Å²) in [5.41, 5.74) is 1.01. The van der Waals surface area contributed by atoms with Crippen molar-refractivity contribution in [3.8, 4) is 0 Å². The molecule has 0 heterocycles. The van der Waals surface area contributed by atoms with E-state index >= 15 is 0 Å². The molecular formula is C17H15F2NO2. The minimum Gasteiger partial charge on any atom is -0.445 e. The number of carbonyl (C=O) groups is 1. The molecule has 0 aliphatic heterocycles. The number of hydrogen-bond donors (Lipinski definition) is 1. The average molecular weight is 303 g/mol. The fraction of sp³-hybridized carbons (Fsp3) is 0.118. The molecule has 0 radical (unpaired) electrons. The van der Waals surface area contributed by atoms with E-state index in [1.807, 2.05) is 30.3 Å². The SMILES string of the molecule is O=C(NCC=Cc1cc(F)ccc1F)OCc1ccccc1. The molecule has 0 aliphatic carbocycles. The molecule has 0 saturated carbocycles. The molecule has 3 nitrogen and oxygen atoms in total. The van der Waals surface area contributed by atoms with Crippen LogP contribution in [0.2, 0.25) is 0 Å². The quantitative estimate of drug-likeness (QED) is 0.909. The summed E-state index contributed by atoms with van der Waals surface area (Å²) < 4.78 is 31.3. The maximum absolute atomic E-state index is 13.3. The molecule has 0 saturated heterocycles. The number of benzene rings is 2. The number of nitrogens with one attached hydrogen (secondary N) is 1. The van der Waals surface area contributed by atoms with Gasteiger partial charge in [0.25, 0.3) is 0 Å². The first-order valence-electron chi connectivity index (χ1n) is 6.71. The fourth-order valence-electron chi connectivity index (χ4n) is 1.74. The van der Waals surface area contributed by atoms with Crippen LogP contribution >= 0.6 is 0 Å². The lowest BCUT2D eigenvalue weighted by atomic mass is 10.2. The van der Waals surface area contributed by atoms with E-state index in [2.05, 4.69) is 5.32 Å². The van der Waals surface area contributed by atoms with Crippen molar-refractivity contribution in [3.63, 3.8) is 0 Å². The van der Waals surface area contributed by atoms with Crippen molar-refractivity contribution >= 4 is 12.2 Å². The predicted octanol–water partition coefficient (Wildman–Crippen LogP) is 3.90. The van der Waals surface area contributed by atoms with Crippen molar-refractivity contribution in [1.29, 1.82) is 0 Å². The van der Waals surface area contributed by atoms with Crippen LogP contribution in [-0.2, 0) is 11.3 Å². The molecule has 2 aromatic carbocycles. The monoisotopic (exact) mass is 303 g/mol. The number of ether oxygens (including phenoxy) is 1. The Bertz CT molecular complexity index is 657. The van der Waals surface area contributed by atoms with E-state index in [0.29, 0.717) is 0 Å². The number of hydrogen-bond acceptors (Lipinski definition) is 2. The molecule has 2 rings (SSSR count). The van der Waals surface area contributed by atoms with Crippen LogP contribution in [-0.4, -0.2) is 12.6 Å². The highest BCUT2D eigenvalue weighted by Crippen LogP contribution is 2.10. The molecule has 0 bridgehead atoms. The van der Waals surface area contributed by atoms with Gasteiger partial charge in [0, 0.05) is 12.1 Å². The molecular weight excluding hydrogens is 288 g/mol. The summed E-state index contributed by atoms with van der Waals surface area (Å²) in [5.74, 6) is -1.04. The first kappa shape index (κ1) is 15.7. The molecule has 1 amide bonds. The molecule has 0 fully saturated rings. The Morgan fingerprint density at radius 3 is 2.68 bits per heavy atom. The molecule has 0 aliphatic rings. The Labute approximate surface area is 127 Å². The molecule has 2 aromatic rings. The number of alkyl carbamates (subject to hydrolysis) is 1. The second-order valence-electron chi connectivity index (χ2n) is 4.51. The van der Waals surface area contributed by atoms with E-state index in [-0.39, 0.29) is 18.7 Å². The third-order valence-electron chi connectivity index (χ3n) is 2.83. The highest BCUT2D eigenvalue weighted by molar-refractivity contribution is 5.67. The van der Waals surface area contributed by atoms with Crippen molar-refractivity contribution in [3.05, 3.63) is 77.4 Å². The van der Waals surface area contributed by atoms with Gasteiger partial charge in [0.2, 0.25) is 0 Å². The van der Waals surface area contributed by atoms with Gasteiger partial charge in [-0.2, -0.15) is 0 Å². The van der Waals surface area contributed by atoms with E-state index in [1.165, 1.54) is 12.2 Å². The van der Waals surface area contributed by atoms with Gasteiger partial charge in [-0.15, -0.1) is 0 Å². The summed E-state index contributed by atoms with van der Waals surface area (Å²) in [6, 6.07) is 12.5. The standard InChI is InChI=1S/C17H15F2NO2/c18-15-8-9-16(19)14(11-15)7-4-10-20-17(21)22-12-13-5-2-1-3-6-13/h1-9,11H,10,12H2,(H,20,21). The molecule has 0 aromatic heterocycles. The lowest BCUT2D eigenvalue weighted by Crippen LogP contribution is -2.24. The van der Waals surface area contributed by atoms with Crippen LogP contribution in [0.1, 0.15) is 11.1 Å². The maximum atomic E-state index is 13.3. The highest BCUT2D eigenvalue weighted by atomic mass is 19.1. The Kier molecular flexibility index (Phi) is 5.65. The molecule has 22 heavy (non-hydrogen) atoms. The number of amides is 1. The Balaban J connectivity index is 1.75. The Morgan fingerprint density at radius 1 is 1.14 bits per heavy atom. The maximum Gasteiger partial charge on any atom is 0.407 e. The van der Waals surface area contributed by atoms with E-state index in [0.717, 1.165) is 23.8 Å². The van der Waals surface area contributed by atoms with Gasteiger partial charge in [-0.05, 0) is 23.8 Å². The third kappa shape index (κ3) is 5.01. The van der Waals surface area contributed by atoms with Crippen molar-refractivity contribution in [2.75, 3.05) is 6.54 Å². The molecule has 1 N–H and O–H groups in total. The topological polar surface area (TPSA) is 38.3 Å². The van der Waals surface area contributed by atoms with Crippen LogP contribution in [0.3, 0.4) is 0 Å². The van der Waals surface area contributed by atoms with Gasteiger partial charge in [0.15, 0.2) is 0 Å². The van der Waals surface area contributed by atoms with Gasteiger partial charge < -0.3 is 10.1 Å². The van der Waals surface area contributed by atoms with Crippen LogP contribution in [0.15, 0.2) is 54.6 Å². The van der Waals surface area contributed by atoms with E-state index in [9.17, 15) is 13.6 Å². The molecule has 0 atom stereocenters. The van der Waals surface area contributed by atoms with Crippen molar-refractivity contribution in [2.45, 2.75) is 6.61 Å². The predicted molar refractivity (Wildman–Crippen MR) is 80.0 cm³/mol. The molecule has 0 unspecified atom stereocenters. The average Bonchev–Trinajstić information content (AvgIpc) is 2.53. The minimum absolute atomic E-state index is 0.124. The summed E-state index contributed by atoms with van der Waals surface area (Å²) >= 11 is 0. The van der Waals surface area contributed by atoms with Gasteiger partial charge in [-0.3, -0.25) is 0 Å². The summed E-state index contributed by atoms with van der Waals surface area (Å²) in [6.07, 6.45) is 2.34. The van der Waals surface area contributed by atoms with Crippen LogP contribution < -0.4 is 5.32 Å². The summed E-state index contributed by atoms with van der Waals surface area (Å²) in [4.78, 5) is 11.4. The molecule has 0 spiro atoms. The van der Waals surface area contributed by atoms with Gasteiger partial charge in [-0.25, -0.2) is 13.6 Å². The van der Waals surface area contributed by atoms with Gasteiger partial charge in [0.1, 0.15) is 18.2 Å². The van der Waals surface area contributed by atoms with E-state index in [4.69, 9.17) is 4.74 Å². The minimum atomic E-state index is -0.576. The first-order valence-corrected chi connectivity index (χ1v) is 6.71. The van der Waals surface area contributed by atoms with Gasteiger partial charge in [0.05, 0.1) is 0 Å². The zero-order valence-corrected chi connectivity index (χ0v) is 11.8. The molecule has 5 heteroatoms. The smallest absolute Gasteiger partial charge is 0.407 e. The second kappa shape index (κ2) is 7.93. The van der Waals surface area contributed by atoms with E-state index < -0.39 is 17.7 Å². The van der Waals surface area contributed by atoms with Crippen molar-refractivity contribution in [1.82, 2.24) is 5.32 Å². The number of halogens is 2. The second-order valence-corrected chi connectivity index (χ2v) is 4.51. The van der Waals surface area contributed by atoms with Crippen LogP contribution in [0, 0.1) is 11.6 Å².